The van der Waals surface area contributed by atoms with Gasteiger partial charge in [0.2, 0.25) is 5.82 Å². The van der Waals surface area contributed by atoms with Gasteiger partial charge in [0.1, 0.15) is 0 Å². The van der Waals surface area contributed by atoms with Gasteiger partial charge in [-0.15, -0.1) is 0 Å². The fraction of sp³-hybridized carbons (Fsp3) is 0.100. The number of methoxy groups -OCH3 is 1. The molecule has 0 spiro atoms. The lowest BCUT2D eigenvalue weighted by Gasteiger charge is -2.10. The zero-order valence-corrected chi connectivity index (χ0v) is 14.6. The van der Waals surface area contributed by atoms with Crippen LogP contribution in [0.5, 0.6) is 0 Å². The molecule has 1 aromatic heterocycles. The molecule has 0 fully saturated rings. The van der Waals surface area contributed by atoms with Crippen molar-refractivity contribution in [2.45, 2.75) is 6.54 Å². The number of hydrogen-bond acceptors (Lipinski definition) is 6. The Morgan fingerprint density at radius 1 is 1.11 bits per heavy atom. The summed E-state index contributed by atoms with van der Waals surface area (Å²) in [5, 5.41) is 14.0. The standard InChI is InChI=1S/C20H17N3O4/c1-27-20(24)17-6-3-2-5-16(17)15-10-8-14(9-11-15)13-22-19-18(23(25)26)7-4-12-21-19/h2-12H,13H2,1H3,(H,21,22). The van der Waals surface area contributed by atoms with E-state index in [4.69, 9.17) is 4.74 Å². The summed E-state index contributed by atoms with van der Waals surface area (Å²) in [6, 6.07) is 17.7. The number of nitrogens with one attached hydrogen (secondary N) is 1. The third-order valence-corrected chi connectivity index (χ3v) is 4.04. The molecule has 0 aliphatic rings. The maximum Gasteiger partial charge on any atom is 0.338 e. The summed E-state index contributed by atoms with van der Waals surface area (Å²) >= 11 is 0. The molecule has 0 bridgehead atoms. The Morgan fingerprint density at radius 2 is 1.85 bits per heavy atom. The van der Waals surface area contributed by atoms with Crippen molar-refractivity contribution in [3.05, 3.63) is 88.1 Å². The van der Waals surface area contributed by atoms with E-state index >= 15 is 0 Å². The van der Waals surface area contributed by atoms with E-state index in [0.717, 1.165) is 16.7 Å². The minimum absolute atomic E-state index is 0.0684. The number of nitro groups is 1. The number of hydrogen-bond donors (Lipinski definition) is 1. The fourth-order valence-corrected chi connectivity index (χ4v) is 2.69. The van der Waals surface area contributed by atoms with Gasteiger partial charge < -0.3 is 10.1 Å². The SMILES string of the molecule is COC(=O)c1ccccc1-c1ccc(CNc2ncccc2[N+](=O)[O-])cc1. The first-order chi connectivity index (χ1) is 13.1. The summed E-state index contributed by atoms with van der Waals surface area (Å²) in [5.41, 5.74) is 3.01. The largest absolute Gasteiger partial charge is 0.465 e. The molecule has 0 aliphatic heterocycles. The highest BCUT2D eigenvalue weighted by Crippen LogP contribution is 2.25. The van der Waals surface area contributed by atoms with Crippen molar-refractivity contribution in [1.82, 2.24) is 4.98 Å². The van der Waals surface area contributed by atoms with E-state index in [1.807, 2.05) is 36.4 Å². The molecule has 0 saturated carbocycles. The van der Waals surface area contributed by atoms with Gasteiger partial charge >= 0.3 is 11.7 Å². The van der Waals surface area contributed by atoms with Crippen molar-refractivity contribution in [2.24, 2.45) is 0 Å². The van der Waals surface area contributed by atoms with Crippen molar-refractivity contribution in [3.8, 4) is 11.1 Å². The van der Waals surface area contributed by atoms with E-state index in [1.54, 1.807) is 12.1 Å². The maximum atomic E-state index is 11.9. The van der Waals surface area contributed by atoms with Gasteiger partial charge in [0, 0.05) is 18.8 Å². The highest BCUT2D eigenvalue weighted by atomic mass is 16.6. The van der Waals surface area contributed by atoms with Gasteiger partial charge in [0.05, 0.1) is 17.6 Å². The molecule has 0 radical (unpaired) electrons. The quantitative estimate of drug-likeness (QED) is 0.403. The summed E-state index contributed by atoms with van der Waals surface area (Å²) in [4.78, 5) is 26.5. The van der Waals surface area contributed by atoms with E-state index in [2.05, 4.69) is 10.3 Å². The van der Waals surface area contributed by atoms with E-state index in [0.29, 0.717) is 12.1 Å². The summed E-state index contributed by atoms with van der Waals surface area (Å²) in [6.07, 6.45) is 1.50. The van der Waals surface area contributed by atoms with Gasteiger partial charge in [0.15, 0.2) is 0 Å². The predicted octanol–water partition coefficient (Wildman–Crippen LogP) is 4.06. The van der Waals surface area contributed by atoms with Crippen LogP contribution in [0.4, 0.5) is 11.5 Å². The van der Waals surface area contributed by atoms with Gasteiger partial charge in [-0.1, -0.05) is 42.5 Å². The zero-order valence-electron chi connectivity index (χ0n) is 14.6. The lowest BCUT2D eigenvalue weighted by atomic mass is 9.99. The monoisotopic (exact) mass is 363 g/mol. The number of benzene rings is 2. The van der Waals surface area contributed by atoms with E-state index in [9.17, 15) is 14.9 Å². The number of anilines is 1. The van der Waals surface area contributed by atoms with Gasteiger partial charge in [-0.05, 0) is 28.8 Å². The van der Waals surface area contributed by atoms with Gasteiger partial charge in [0.25, 0.3) is 0 Å². The Balaban J connectivity index is 1.78. The van der Waals surface area contributed by atoms with Gasteiger partial charge in [-0.25, -0.2) is 9.78 Å². The molecule has 0 saturated heterocycles. The number of rotatable bonds is 6. The van der Waals surface area contributed by atoms with Crippen LogP contribution in [-0.4, -0.2) is 23.0 Å². The van der Waals surface area contributed by atoms with Gasteiger partial charge in [-0.3, -0.25) is 10.1 Å². The number of nitrogens with zero attached hydrogens (tertiary/aromatic N) is 2. The van der Waals surface area contributed by atoms with Crippen LogP contribution in [0.25, 0.3) is 11.1 Å². The molecule has 0 atom stereocenters. The second kappa shape index (κ2) is 8.09. The smallest absolute Gasteiger partial charge is 0.338 e. The van der Waals surface area contributed by atoms with Crippen LogP contribution in [0.2, 0.25) is 0 Å². The van der Waals surface area contributed by atoms with Crippen molar-refractivity contribution >= 4 is 17.5 Å². The Labute approximate surface area is 155 Å². The number of carbonyl (C=O) groups is 1. The molecule has 0 unspecified atom stereocenters. The molecule has 3 rings (SSSR count). The van der Waals surface area contributed by atoms with E-state index in [1.165, 1.54) is 25.4 Å². The molecule has 1 heterocycles. The molecule has 7 heteroatoms. The highest BCUT2D eigenvalue weighted by Gasteiger charge is 2.14. The number of ether oxygens (including phenoxy) is 1. The Bertz CT molecular complexity index is 971. The molecule has 27 heavy (non-hydrogen) atoms. The second-order valence-corrected chi connectivity index (χ2v) is 5.72. The summed E-state index contributed by atoms with van der Waals surface area (Å²) in [5.74, 6) is -0.165. The van der Waals surface area contributed by atoms with E-state index in [-0.39, 0.29) is 17.5 Å². The van der Waals surface area contributed by atoms with Crippen LogP contribution >= 0.6 is 0 Å². The number of aromatic nitrogens is 1. The van der Waals surface area contributed by atoms with Crippen LogP contribution in [0.3, 0.4) is 0 Å². The topological polar surface area (TPSA) is 94.4 Å². The van der Waals surface area contributed by atoms with Crippen molar-refractivity contribution < 1.29 is 14.5 Å². The molecule has 0 amide bonds. The third kappa shape index (κ3) is 4.09. The average Bonchev–Trinajstić information content (AvgIpc) is 2.72. The lowest BCUT2D eigenvalue weighted by Crippen LogP contribution is -2.05. The Kier molecular flexibility index (Phi) is 5.41. The predicted molar refractivity (Wildman–Crippen MR) is 101 cm³/mol. The fourth-order valence-electron chi connectivity index (χ4n) is 2.69. The van der Waals surface area contributed by atoms with Crippen molar-refractivity contribution in [2.75, 3.05) is 12.4 Å². The van der Waals surface area contributed by atoms with Crippen LogP contribution in [-0.2, 0) is 11.3 Å². The number of carbonyl (C=O) groups excluding carboxylic acids is 1. The average molecular weight is 363 g/mol. The molecule has 3 aromatic rings. The third-order valence-electron chi connectivity index (χ3n) is 4.04. The summed E-state index contributed by atoms with van der Waals surface area (Å²) in [6.45, 7) is 0.386. The summed E-state index contributed by atoms with van der Waals surface area (Å²) in [7, 11) is 1.35. The minimum atomic E-state index is -0.470. The van der Waals surface area contributed by atoms with Crippen LogP contribution < -0.4 is 5.32 Å². The van der Waals surface area contributed by atoms with Crippen LogP contribution in [0.15, 0.2) is 66.9 Å². The summed E-state index contributed by atoms with van der Waals surface area (Å²) < 4.78 is 4.83. The molecule has 136 valence electrons. The van der Waals surface area contributed by atoms with Crippen molar-refractivity contribution in [3.63, 3.8) is 0 Å². The first-order valence-electron chi connectivity index (χ1n) is 8.20. The van der Waals surface area contributed by atoms with E-state index < -0.39 is 4.92 Å². The first kappa shape index (κ1) is 18.1. The highest BCUT2D eigenvalue weighted by molar-refractivity contribution is 5.97. The second-order valence-electron chi connectivity index (χ2n) is 5.72. The van der Waals surface area contributed by atoms with Crippen molar-refractivity contribution in [1.29, 1.82) is 0 Å². The normalized spacial score (nSPS) is 10.3. The molecule has 0 aliphatic carbocycles. The molecule has 7 nitrogen and oxygen atoms in total. The number of esters is 1. The zero-order chi connectivity index (χ0) is 19.2. The molecular formula is C20H17N3O4. The van der Waals surface area contributed by atoms with Crippen LogP contribution in [0, 0.1) is 10.1 Å². The first-order valence-corrected chi connectivity index (χ1v) is 8.20. The minimum Gasteiger partial charge on any atom is -0.465 e. The maximum absolute atomic E-state index is 11.9. The van der Waals surface area contributed by atoms with Gasteiger partial charge in [-0.2, -0.15) is 0 Å². The Morgan fingerprint density at radius 3 is 2.56 bits per heavy atom. The molecule has 1 N–H and O–H groups in total. The molecular weight excluding hydrogens is 346 g/mol. The Hall–Kier alpha value is -3.74. The molecule has 2 aromatic carbocycles. The number of pyridine rings is 1. The van der Waals surface area contributed by atoms with Crippen LogP contribution in [0.1, 0.15) is 15.9 Å². The lowest BCUT2D eigenvalue weighted by molar-refractivity contribution is -0.384.